The van der Waals surface area contributed by atoms with Crippen molar-refractivity contribution >= 4 is 11.7 Å². The van der Waals surface area contributed by atoms with Gasteiger partial charge in [-0.15, -0.1) is 0 Å². The summed E-state index contributed by atoms with van der Waals surface area (Å²) in [5.74, 6) is -0.969. The van der Waals surface area contributed by atoms with Gasteiger partial charge in [-0.05, 0) is 17.5 Å². The molecule has 0 unspecified atom stereocenters. The van der Waals surface area contributed by atoms with E-state index in [9.17, 15) is 4.79 Å². The average molecular weight is 219 g/mol. The molecule has 1 aromatic rings. The highest BCUT2D eigenvalue weighted by atomic mass is 16.7. The molecule has 0 saturated heterocycles. The molecule has 0 saturated carbocycles. The number of hydrogen-bond donors (Lipinski definition) is 1. The van der Waals surface area contributed by atoms with Crippen LogP contribution in [0.1, 0.15) is 24.5 Å². The Morgan fingerprint density at radius 1 is 1.50 bits per heavy atom. The zero-order chi connectivity index (χ0) is 11.5. The van der Waals surface area contributed by atoms with Crippen LogP contribution in [0.4, 0.5) is 0 Å². The molecular formula is C12H13NO3. The summed E-state index contributed by atoms with van der Waals surface area (Å²) in [6.45, 7) is 2.09. The molecule has 0 aliphatic carbocycles. The van der Waals surface area contributed by atoms with Crippen molar-refractivity contribution in [3.05, 3.63) is 35.4 Å². The van der Waals surface area contributed by atoms with E-state index in [0.717, 1.165) is 12.0 Å². The molecule has 1 heterocycles. The van der Waals surface area contributed by atoms with Gasteiger partial charge in [0.15, 0.2) is 0 Å². The Hall–Kier alpha value is -1.84. The van der Waals surface area contributed by atoms with E-state index in [4.69, 9.17) is 9.94 Å². The first-order valence-corrected chi connectivity index (χ1v) is 5.25. The topological polar surface area (TPSA) is 58.9 Å². The summed E-state index contributed by atoms with van der Waals surface area (Å²) < 4.78 is 0. The van der Waals surface area contributed by atoms with Crippen LogP contribution in [0.15, 0.2) is 29.4 Å². The maximum Gasteiger partial charge on any atom is 0.348 e. The van der Waals surface area contributed by atoms with Crippen molar-refractivity contribution in [2.24, 2.45) is 5.16 Å². The van der Waals surface area contributed by atoms with Crippen LogP contribution >= 0.6 is 0 Å². The fraction of sp³-hybridized carbons (Fsp3) is 0.333. The van der Waals surface area contributed by atoms with E-state index < -0.39 is 12.1 Å². The lowest BCUT2D eigenvalue weighted by atomic mass is 10.0. The lowest BCUT2D eigenvalue weighted by Crippen LogP contribution is -2.19. The van der Waals surface area contributed by atoms with Crippen molar-refractivity contribution in [1.82, 2.24) is 0 Å². The normalized spacial score (nSPS) is 19.1. The molecule has 1 aromatic carbocycles. The third-order valence-corrected chi connectivity index (χ3v) is 2.64. The smallest absolute Gasteiger partial charge is 0.348 e. The quantitative estimate of drug-likeness (QED) is 0.843. The third kappa shape index (κ3) is 2.05. The number of rotatable bonds is 3. The number of carboxylic acid groups (broad SMARTS) is 1. The molecule has 0 aromatic heterocycles. The Balaban J connectivity index is 2.11. The number of aliphatic carboxylic acids is 1. The molecule has 1 aliphatic heterocycles. The van der Waals surface area contributed by atoms with Crippen LogP contribution in [0.3, 0.4) is 0 Å². The van der Waals surface area contributed by atoms with Crippen LogP contribution in [0.2, 0.25) is 0 Å². The van der Waals surface area contributed by atoms with Gasteiger partial charge in [0.2, 0.25) is 6.10 Å². The lowest BCUT2D eigenvalue weighted by Gasteiger charge is -2.01. The predicted octanol–water partition coefficient (Wildman–Crippen LogP) is 1.83. The molecule has 0 amide bonds. The van der Waals surface area contributed by atoms with Crippen molar-refractivity contribution in [1.29, 1.82) is 0 Å². The van der Waals surface area contributed by atoms with E-state index in [-0.39, 0.29) is 0 Å². The summed E-state index contributed by atoms with van der Waals surface area (Å²) in [4.78, 5) is 15.5. The molecule has 0 bridgehead atoms. The average Bonchev–Trinajstić information content (AvgIpc) is 2.78. The van der Waals surface area contributed by atoms with Crippen molar-refractivity contribution in [2.75, 3.05) is 0 Å². The number of oxime groups is 1. The molecule has 1 N–H and O–H groups in total. The Bertz CT molecular complexity index is 422. The number of aryl methyl sites for hydroxylation is 1. The molecule has 4 heteroatoms. The standard InChI is InChI=1S/C12H13NO3/c1-2-8-3-5-9(6-4-8)10-7-11(12(14)15)16-13-10/h3-6,11H,2,7H2,1H3,(H,14,15)/t11-/m1/s1. The van der Waals surface area contributed by atoms with E-state index >= 15 is 0 Å². The minimum Gasteiger partial charge on any atom is -0.478 e. The Morgan fingerprint density at radius 2 is 2.19 bits per heavy atom. The molecule has 2 rings (SSSR count). The number of carboxylic acids is 1. The van der Waals surface area contributed by atoms with Crippen LogP contribution in [0.5, 0.6) is 0 Å². The largest absolute Gasteiger partial charge is 0.478 e. The minimum absolute atomic E-state index is 0.334. The predicted molar refractivity (Wildman–Crippen MR) is 59.5 cm³/mol. The van der Waals surface area contributed by atoms with E-state index in [0.29, 0.717) is 12.1 Å². The summed E-state index contributed by atoms with van der Waals surface area (Å²) >= 11 is 0. The first-order chi connectivity index (χ1) is 7.70. The van der Waals surface area contributed by atoms with Crippen LogP contribution < -0.4 is 0 Å². The number of hydrogen-bond acceptors (Lipinski definition) is 3. The van der Waals surface area contributed by atoms with E-state index in [1.54, 1.807) is 0 Å². The van der Waals surface area contributed by atoms with Crippen LogP contribution in [0.25, 0.3) is 0 Å². The second-order valence-corrected chi connectivity index (χ2v) is 3.72. The highest BCUT2D eigenvalue weighted by Crippen LogP contribution is 2.17. The highest BCUT2D eigenvalue weighted by Gasteiger charge is 2.28. The van der Waals surface area contributed by atoms with E-state index in [1.165, 1.54) is 5.56 Å². The summed E-state index contributed by atoms with van der Waals surface area (Å²) in [7, 11) is 0. The SMILES string of the molecule is CCc1ccc(C2=NO[C@@H](C(=O)O)C2)cc1. The summed E-state index contributed by atoms with van der Waals surface area (Å²) in [6, 6.07) is 7.94. The molecule has 0 spiro atoms. The molecule has 0 radical (unpaired) electrons. The molecule has 4 nitrogen and oxygen atoms in total. The highest BCUT2D eigenvalue weighted by molar-refractivity contribution is 6.03. The molecule has 0 fully saturated rings. The number of carbonyl (C=O) groups is 1. The molecule has 16 heavy (non-hydrogen) atoms. The van der Waals surface area contributed by atoms with Crippen molar-refractivity contribution in [3.63, 3.8) is 0 Å². The maximum absolute atomic E-state index is 10.7. The molecule has 84 valence electrons. The van der Waals surface area contributed by atoms with Gasteiger partial charge in [-0.1, -0.05) is 36.3 Å². The zero-order valence-electron chi connectivity index (χ0n) is 9.01. The Morgan fingerprint density at radius 3 is 2.69 bits per heavy atom. The first kappa shape index (κ1) is 10.7. The zero-order valence-corrected chi connectivity index (χ0v) is 9.01. The van der Waals surface area contributed by atoms with Gasteiger partial charge < -0.3 is 9.94 Å². The van der Waals surface area contributed by atoms with Gasteiger partial charge in [-0.3, -0.25) is 0 Å². The summed E-state index contributed by atoms with van der Waals surface area (Å²) in [5.41, 5.74) is 2.88. The van der Waals surface area contributed by atoms with E-state index in [2.05, 4.69) is 12.1 Å². The second-order valence-electron chi connectivity index (χ2n) is 3.72. The van der Waals surface area contributed by atoms with Gasteiger partial charge >= 0.3 is 5.97 Å². The number of nitrogens with zero attached hydrogens (tertiary/aromatic N) is 1. The van der Waals surface area contributed by atoms with Crippen molar-refractivity contribution < 1.29 is 14.7 Å². The molecular weight excluding hydrogens is 206 g/mol. The van der Waals surface area contributed by atoms with Crippen LogP contribution in [-0.4, -0.2) is 22.9 Å². The Labute approximate surface area is 93.5 Å². The van der Waals surface area contributed by atoms with Crippen molar-refractivity contribution in [2.45, 2.75) is 25.9 Å². The van der Waals surface area contributed by atoms with Gasteiger partial charge in [0.25, 0.3) is 0 Å². The molecule has 1 aliphatic rings. The fourth-order valence-corrected chi connectivity index (χ4v) is 1.61. The van der Waals surface area contributed by atoms with Gasteiger partial charge in [-0.2, -0.15) is 0 Å². The van der Waals surface area contributed by atoms with Crippen molar-refractivity contribution in [3.8, 4) is 0 Å². The maximum atomic E-state index is 10.7. The molecule has 1 atom stereocenters. The lowest BCUT2D eigenvalue weighted by molar-refractivity contribution is -0.148. The fourth-order valence-electron chi connectivity index (χ4n) is 1.61. The van der Waals surface area contributed by atoms with E-state index in [1.807, 2.05) is 24.3 Å². The van der Waals surface area contributed by atoms with Gasteiger partial charge in [0, 0.05) is 6.42 Å². The first-order valence-electron chi connectivity index (χ1n) is 5.25. The van der Waals surface area contributed by atoms with Gasteiger partial charge in [0.05, 0.1) is 5.71 Å². The summed E-state index contributed by atoms with van der Waals surface area (Å²) in [5, 5.41) is 12.6. The summed E-state index contributed by atoms with van der Waals surface area (Å²) in [6.07, 6.45) is 0.489. The minimum atomic E-state index is -0.969. The second kappa shape index (κ2) is 4.35. The van der Waals surface area contributed by atoms with Crippen LogP contribution in [0, 0.1) is 0 Å². The van der Waals surface area contributed by atoms with Gasteiger partial charge in [-0.25, -0.2) is 4.79 Å². The van der Waals surface area contributed by atoms with Gasteiger partial charge in [0.1, 0.15) is 0 Å². The monoisotopic (exact) mass is 219 g/mol. The Kier molecular flexibility index (Phi) is 2.90. The number of benzene rings is 1. The van der Waals surface area contributed by atoms with Crippen LogP contribution in [-0.2, 0) is 16.1 Å². The third-order valence-electron chi connectivity index (χ3n) is 2.64.